The molecule has 1 aliphatic heterocycles. The van der Waals surface area contributed by atoms with E-state index in [2.05, 4.69) is 0 Å². The van der Waals surface area contributed by atoms with Gasteiger partial charge in [0.05, 0.1) is 6.61 Å². The van der Waals surface area contributed by atoms with E-state index in [0.29, 0.717) is 24.3 Å². The van der Waals surface area contributed by atoms with Crippen LogP contribution >= 0.6 is 0 Å². The zero-order chi connectivity index (χ0) is 12.4. The summed E-state index contributed by atoms with van der Waals surface area (Å²) in [4.78, 5) is 22.7. The fourth-order valence-electron chi connectivity index (χ4n) is 1.83. The third-order valence-corrected chi connectivity index (χ3v) is 2.69. The van der Waals surface area contributed by atoms with Gasteiger partial charge in [0, 0.05) is 12.0 Å². The molecule has 0 bridgehead atoms. The highest BCUT2D eigenvalue weighted by Gasteiger charge is 2.30. The SMILES string of the molecule is CCOC(=O)[C@@H]1Cc2cc(C(C)=O)ccc2O1. The molecule has 1 atom stereocenters. The minimum atomic E-state index is -0.577. The van der Waals surface area contributed by atoms with Crippen LogP contribution in [0.2, 0.25) is 0 Å². The third kappa shape index (κ3) is 2.30. The van der Waals surface area contributed by atoms with Crippen LogP contribution in [0.15, 0.2) is 18.2 Å². The van der Waals surface area contributed by atoms with Crippen LogP contribution in [0.1, 0.15) is 29.8 Å². The smallest absolute Gasteiger partial charge is 0.347 e. The Morgan fingerprint density at radius 2 is 2.24 bits per heavy atom. The second-order valence-corrected chi connectivity index (χ2v) is 3.94. The van der Waals surface area contributed by atoms with Crippen molar-refractivity contribution in [2.75, 3.05) is 6.61 Å². The maximum absolute atomic E-state index is 11.5. The van der Waals surface area contributed by atoms with Gasteiger partial charge in [-0.25, -0.2) is 4.79 Å². The largest absolute Gasteiger partial charge is 0.478 e. The molecule has 0 aromatic heterocycles. The van der Waals surface area contributed by atoms with Gasteiger partial charge >= 0.3 is 5.97 Å². The van der Waals surface area contributed by atoms with Gasteiger partial charge in [0.2, 0.25) is 0 Å². The number of esters is 1. The lowest BCUT2D eigenvalue weighted by molar-refractivity contribution is -0.150. The average Bonchev–Trinajstić information content (AvgIpc) is 2.71. The molecular weight excluding hydrogens is 220 g/mol. The van der Waals surface area contributed by atoms with E-state index in [4.69, 9.17) is 9.47 Å². The lowest BCUT2D eigenvalue weighted by Gasteiger charge is -2.08. The number of ether oxygens (including phenoxy) is 2. The Morgan fingerprint density at radius 3 is 2.88 bits per heavy atom. The Labute approximate surface area is 99.5 Å². The molecular formula is C13H14O4. The molecule has 0 saturated carbocycles. The standard InChI is InChI=1S/C13H14O4/c1-3-16-13(15)12-7-10-6-9(8(2)14)4-5-11(10)17-12/h4-6,12H,3,7H2,1-2H3/t12-/m0/s1. The second kappa shape index (κ2) is 4.57. The van der Waals surface area contributed by atoms with Crippen molar-refractivity contribution in [3.63, 3.8) is 0 Å². The van der Waals surface area contributed by atoms with Crippen LogP contribution < -0.4 is 4.74 Å². The molecule has 0 aliphatic carbocycles. The molecule has 0 radical (unpaired) electrons. The van der Waals surface area contributed by atoms with Crippen molar-refractivity contribution in [1.82, 2.24) is 0 Å². The first-order valence-corrected chi connectivity index (χ1v) is 5.59. The molecule has 0 spiro atoms. The lowest BCUT2D eigenvalue weighted by Crippen LogP contribution is -2.27. The summed E-state index contributed by atoms with van der Waals surface area (Å²) in [6, 6.07) is 5.21. The highest BCUT2D eigenvalue weighted by atomic mass is 16.6. The minimum absolute atomic E-state index is 0.00684. The third-order valence-electron chi connectivity index (χ3n) is 2.69. The molecule has 0 N–H and O–H groups in total. The van der Waals surface area contributed by atoms with E-state index in [1.165, 1.54) is 6.92 Å². The van der Waals surface area contributed by atoms with Crippen LogP contribution in [0.4, 0.5) is 0 Å². The Balaban J connectivity index is 2.16. The molecule has 17 heavy (non-hydrogen) atoms. The maximum Gasteiger partial charge on any atom is 0.347 e. The summed E-state index contributed by atoms with van der Waals surface area (Å²) in [5, 5.41) is 0. The highest BCUT2D eigenvalue weighted by molar-refractivity contribution is 5.94. The second-order valence-electron chi connectivity index (χ2n) is 3.94. The van der Waals surface area contributed by atoms with Crippen molar-refractivity contribution in [3.8, 4) is 5.75 Å². The Kier molecular flexibility index (Phi) is 3.13. The molecule has 1 aromatic rings. The van der Waals surface area contributed by atoms with Gasteiger partial charge in [-0.05, 0) is 37.6 Å². The van der Waals surface area contributed by atoms with Gasteiger partial charge in [-0.2, -0.15) is 0 Å². The fraction of sp³-hybridized carbons (Fsp3) is 0.385. The van der Waals surface area contributed by atoms with E-state index in [1.54, 1.807) is 25.1 Å². The van der Waals surface area contributed by atoms with Crippen molar-refractivity contribution in [2.24, 2.45) is 0 Å². The summed E-state index contributed by atoms with van der Waals surface area (Å²) < 4.78 is 10.4. The number of carbonyl (C=O) groups excluding carboxylic acids is 2. The minimum Gasteiger partial charge on any atom is -0.478 e. The normalized spacial score (nSPS) is 17.2. The van der Waals surface area contributed by atoms with Crippen LogP contribution in [0, 0.1) is 0 Å². The monoisotopic (exact) mass is 234 g/mol. The van der Waals surface area contributed by atoms with E-state index in [1.807, 2.05) is 0 Å². The van der Waals surface area contributed by atoms with Gasteiger partial charge in [0.25, 0.3) is 0 Å². The number of fused-ring (bicyclic) bond motifs is 1. The fourth-order valence-corrected chi connectivity index (χ4v) is 1.83. The summed E-state index contributed by atoms with van der Waals surface area (Å²) in [6.45, 7) is 3.61. The Bertz CT molecular complexity index is 464. The van der Waals surface area contributed by atoms with Crippen LogP contribution in [-0.2, 0) is 16.0 Å². The van der Waals surface area contributed by atoms with E-state index in [0.717, 1.165) is 5.56 Å². The van der Waals surface area contributed by atoms with Crippen LogP contribution in [0.25, 0.3) is 0 Å². The van der Waals surface area contributed by atoms with Crippen molar-refractivity contribution < 1.29 is 19.1 Å². The first-order valence-electron chi connectivity index (χ1n) is 5.59. The lowest BCUT2D eigenvalue weighted by atomic mass is 10.0. The Morgan fingerprint density at radius 1 is 1.47 bits per heavy atom. The molecule has 0 saturated heterocycles. The van der Waals surface area contributed by atoms with Gasteiger partial charge in [0.1, 0.15) is 5.75 Å². The molecule has 90 valence electrons. The molecule has 1 aromatic carbocycles. The summed E-state index contributed by atoms with van der Waals surface area (Å²) in [5.74, 6) is 0.313. The topological polar surface area (TPSA) is 52.6 Å². The first-order chi connectivity index (χ1) is 8.11. The molecule has 1 heterocycles. The molecule has 0 unspecified atom stereocenters. The summed E-state index contributed by atoms with van der Waals surface area (Å²) in [5.41, 5.74) is 1.52. The Hall–Kier alpha value is -1.84. The molecule has 4 nitrogen and oxygen atoms in total. The van der Waals surface area contributed by atoms with Gasteiger partial charge in [-0.15, -0.1) is 0 Å². The number of ketones is 1. The van der Waals surface area contributed by atoms with Crippen LogP contribution in [0.5, 0.6) is 5.75 Å². The number of hydrogen-bond donors (Lipinski definition) is 0. The van der Waals surface area contributed by atoms with Gasteiger partial charge in [-0.1, -0.05) is 0 Å². The van der Waals surface area contributed by atoms with Crippen LogP contribution in [0.3, 0.4) is 0 Å². The maximum atomic E-state index is 11.5. The molecule has 4 heteroatoms. The van der Waals surface area contributed by atoms with Gasteiger partial charge < -0.3 is 9.47 Å². The van der Waals surface area contributed by atoms with Crippen LogP contribution in [-0.4, -0.2) is 24.5 Å². The predicted molar refractivity (Wildman–Crippen MR) is 61.2 cm³/mol. The number of hydrogen-bond acceptors (Lipinski definition) is 4. The zero-order valence-corrected chi connectivity index (χ0v) is 9.86. The number of Topliss-reactive ketones (excluding diaryl/α,β-unsaturated/α-hetero) is 1. The molecule has 2 rings (SSSR count). The molecule has 0 fully saturated rings. The van der Waals surface area contributed by atoms with Crippen molar-refractivity contribution in [3.05, 3.63) is 29.3 Å². The summed E-state index contributed by atoms with van der Waals surface area (Å²) in [6.07, 6.45) is -0.109. The van der Waals surface area contributed by atoms with E-state index in [-0.39, 0.29) is 11.8 Å². The number of carbonyl (C=O) groups is 2. The highest BCUT2D eigenvalue weighted by Crippen LogP contribution is 2.30. The molecule has 1 aliphatic rings. The van der Waals surface area contributed by atoms with Crippen molar-refractivity contribution >= 4 is 11.8 Å². The van der Waals surface area contributed by atoms with E-state index < -0.39 is 6.10 Å². The quantitative estimate of drug-likeness (QED) is 0.590. The van der Waals surface area contributed by atoms with E-state index in [9.17, 15) is 9.59 Å². The zero-order valence-electron chi connectivity index (χ0n) is 9.86. The number of rotatable bonds is 3. The first kappa shape index (κ1) is 11.6. The summed E-state index contributed by atoms with van der Waals surface area (Å²) in [7, 11) is 0. The van der Waals surface area contributed by atoms with Gasteiger partial charge in [-0.3, -0.25) is 4.79 Å². The number of benzene rings is 1. The summed E-state index contributed by atoms with van der Waals surface area (Å²) >= 11 is 0. The van der Waals surface area contributed by atoms with Crippen molar-refractivity contribution in [2.45, 2.75) is 26.4 Å². The molecule has 0 amide bonds. The predicted octanol–water partition coefficient (Wildman–Crippen LogP) is 1.76. The van der Waals surface area contributed by atoms with Gasteiger partial charge in [0.15, 0.2) is 11.9 Å². The van der Waals surface area contributed by atoms with Crippen molar-refractivity contribution in [1.29, 1.82) is 0 Å². The average molecular weight is 234 g/mol. The van der Waals surface area contributed by atoms with E-state index >= 15 is 0 Å².